The number of carboxylic acid groups (broad SMARTS) is 1. The van der Waals surface area contributed by atoms with Gasteiger partial charge in [-0.1, -0.05) is 6.07 Å². The van der Waals surface area contributed by atoms with Gasteiger partial charge in [0.25, 0.3) is 5.69 Å². The molecule has 1 saturated heterocycles. The highest BCUT2D eigenvalue weighted by Gasteiger charge is 2.29. The number of halogens is 1. The molecule has 1 N–H and O–H groups in total. The van der Waals surface area contributed by atoms with Crippen LogP contribution in [0.25, 0.3) is 0 Å². The number of carbonyl (C=O) groups is 1. The first kappa shape index (κ1) is 22.3. The first-order valence-electron chi connectivity index (χ1n) is 7.99. The zero-order valence-electron chi connectivity index (χ0n) is 14.1. The smallest absolute Gasteiger partial charge is 0.303 e. The van der Waals surface area contributed by atoms with Gasteiger partial charge in [0, 0.05) is 44.7 Å². The predicted octanol–water partition coefficient (Wildman–Crippen LogP) is 1.58. The summed E-state index contributed by atoms with van der Waals surface area (Å²) in [6.45, 7) is 2.47. The Bertz CT molecular complexity index is 735. The van der Waals surface area contributed by atoms with Crippen LogP contribution in [0.15, 0.2) is 29.2 Å². The molecule has 0 bridgehead atoms. The van der Waals surface area contributed by atoms with E-state index in [1.165, 1.54) is 22.5 Å². The minimum Gasteiger partial charge on any atom is -0.481 e. The molecule has 1 aliphatic rings. The Morgan fingerprint density at radius 1 is 1.19 bits per heavy atom. The molecular weight excluding hydrogens is 386 g/mol. The first-order chi connectivity index (χ1) is 11.8. The Morgan fingerprint density at radius 3 is 2.42 bits per heavy atom. The minimum atomic E-state index is -3.75. The molecule has 1 aromatic carbocycles. The number of nitro benzene ring substituents is 1. The fraction of sp³-hybridized carbons (Fsp3) is 0.533. The molecule has 1 heterocycles. The maximum Gasteiger partial charge on any atom is 0.303 e. The molecule has 1 fully saturated rings. The summed E-state index contributed by atoms with van der Waals surface area (Å²) in [6.07, 6.45) is 1.49. The summed E-state index contributed by atoms with van der Waals surface area (Å²) in [5.41, 5.74) is -0.252. The molecule has 11 heteroatoms. The van der Waals surface area contributed by atoms with E-state index in [9.17, 15) is 23.3 Å². The molecule has 1 aromatic rings. The fourth-order valence-electron chi connectivity index (χ4n) is 2.71. The second kappa shape index (κ2) is 9.81. The molecule has 1 aliphatic heterocycles. The number of hydrogen-bond donors (Lipinski definition) is 1. The van der Waals surface area contributed by atoms with Gasteiger partial charge >= 0.3 is 5.97 Å². The summed E-state index contributed by atoms with van der Waals surface area (Å²) in [5.74, 6) is -0.812. The quantitative estimate of drug-likeness (QED) is 0.394. The predicted molar refractivity (Wildman–Crippen MR) is 97.0 cm³/mol. The fourth-order valence-corrected chi connectivity index (χ4v) is 4.17. The van der Waals surface area contributed by atoms with Crippen molar-refractivity contribution in [3.8, 4) is 0 Å². The summed E-state index contributed by atoms with van der Waals surface area (Å²) in [4.78, 5) is 22.7. The molecule has 0 unspecified atom stereocenters. The van der Waals surface area contributed by atoms with Crippen molar-refractivity contribution in [2.24, 2.45) is 0 Å². The number of nitro groups is 1. The Morgan fingerprint density at radius 2 is 1.85 bits per heavy atom. The highest BCUT2D eigenvalue weighted by atomic mass is 35.5. The molecule has 0 aromatic heterocycles. The Hall–Kier alpha value is -1.75. The van der Waals surface area contributed by atoms with Crippen molar-refractivity contribution >= 4 is 34.1 Å². The molecule has 2 rings (SSSR count). The second-order valence-corrected chi connectivity index (χ2v) is 7.79. The third-order valence-electron chi connectivity index (χ3n) is 4.11. The molecule has 26 heavy (non-hydrogen) atoms. The zero-order chi connectivity index (χ0) is 18.4. The number of benzene rings is 1. The van der Waals surface area contributed by atoms with Gasteiger partial charge in [0.15, 0.2) is 0 Å². The largest absolute Gasteiger partial charge is 0.481 e. The van der Waals surface area contributed by atoms with Gasteiger partial charge in [0.1, 0.15) is 0 Å². The van der Waals surface area contributed by atoms with E-state index in [4.69, 9.17) is 5.11 Å². The number of carboxylic acids is 1. The van der Waals surface area contributed by atoms with E-state index in [1.807, 2.05) is 0 Å². The summed E-state index contributed by atoms with van der Waals surface area (Å²) >= 11 is 0. The summed E-state index contributed by atoms with van der Waals surface area (Å²) in [6, 6.07) is 5.06. The topological polar surface area (TPSA) is 121 Å². The van der Waals surface area contributed by atoms with Crippen molar-refractivity contribution in [1.29, 1.82) is 0 Å². The molecule has 0 saturated carbocycles. The third-order valence-corrected chi connectivity index (χ3v) is 6.01. The van der Waals surface area contributed by atoms with Crippen molar-refractivity contribution in [1.82, 2.24) is 9.21 Å². The van der Waals surface area contributed by atoms with Crippen LogP contribution in [-0.2, 0) is 14.8 Å². The Labute approximate surface area is 158 Å². The van der Waals surface area contributed by atoms with Crippen molar-refractivity contribution in [2.45, 2.75) is 24.2 Å². The average Bonchev–Trinajstić information content (AvgIpc) is 2.59. The Balaban J connectivity index is 0.00000338. The maximum absolute atomic E-state index is 12.6. The van der Waals surface area contributed by atoms with Crippen LogP contribution in [0, 0.1) is 10.1 Å². The van der Waals surface area contributed by atoms with Gasteiger partial charge in [-0.25, -0.2) is 8.42 Å². The van der Waals surface area contributed by atoms with Gasteiger partial charge in [0.2, 0.25) is 10.0 Å². The van der Waals surface area contributed by atoms with E-state index in [1.54, 1.807) is 0 Å². The number of nitrogens with zero attached hydrogens (tertiary/aromatic N) is 3. The monoisotopic (exact) mass is 407 g/mol. The molecule has 0 spiro atoms. The van der Waals surface area contributed by atoms with Gasteiger partial charge in [-0.2, -0.15) is 4.31 Å². The highest BCUT2D eigenvalue weighted by Crippen LogP contribution is 2.22. The second-order valence-electron chi connectivity index (χ2n) is 5.85. The van der Waals surface area contributed by atoms with Crippen molar-refractivity contribution in [3.05, 3.63) is 34.4 Å². The lowest BCUT2D eigenvalue weighted by molar-refractivity contribution is -0.385. The number of aliphatic carboxylic acids is 1. The van der Waals surface area contributed by atoms with Crippen LogP contribution in [0.1, 0.15) is 19.3 Å². The standard InChI is InChI=1S/C15H21N3O6S.ClH/c19-15(20)6-1-2-7-16-8-10-17(11-9-16)25(23,24)14-5-3-4-13(12-14)18(21)22;/h3-5,12H,1-2,6-11H2,(H,19,20);1H. The van der Waals surface area contributed by atoms with Gasteiger partial charge in [-0.15, -0.1) is 12.4 Å². The summed E-state index contributed by atoms with van der Waals surface area (Å²) in [7, 11) is -3.75. The van der Waals surface area contributed by atoms with Crippen molar-refractivity contribution < 1.29 is 23.2 Å². The molecule has 0 radical (unpaired) electrons. The molecule has 9 nitrogen and oxygen atoms in total. The molecule has 0 aliphatic carbocycles. The van der Waals surface area contributed by atoms with Crippen LogP contribution in [0.3, 0.4) is 0 Å². The van der Waals surface area contributed by atoms with E-state index < -0.39 is 20.9 Å². The van der Waals surface area contributed by atoms with Crippen LogP contribution >= 0.6 is 12.4 Å². The zero-order valence-corrected chi connectivity index (χ0v) is 15.7. The SMILES string of the molecule is Cl.O=C(O)CCCCN1CCN(S(=O)(=O)c2cccc([N+](=O)[O-])c2)CC1. The molecule has 146 valence electrons. The van der Waals surface area contributed by atoms with Gasteiger partial charge in [-0.05, 0) is 25.5 Å². The molecule has 0 amide bonds. The first-order valence-corrected chi connectivity index (χ1v) is 9.43. The maximum atomic E-state index is 12.6. The van der Waals surface area contributed by atoms with Gasteiger partial charge < -0.3 is 10.0 Å². The number of hydrogen-bond acceptors (Lipinski definition) is 6. The van der Waals surface area contributed by atoms with Crippen molar-refractivity contribution in [3.63, 3.8) is 0 Å². The number of rotatable bonds is 8. The van der Waals surface area contributed by atoms with Gasteiger partial charge in [0.05, 0.1) is 9.82 Å². The van der Waals surface area contributed by atoms with E-state index in [0.29, 0.717) is 32.6 Å². The lowest BCUT2D eigenvalue weighted by Gasteiger charge is -2.33. The highest BCUT2D eigenvalue weighted by molar-refractivity contribution is 7.89. The Kier molecular flexibility index (Phi) is 8.41. The number of piperazine rings is 1. The van der Waals surface area contributed by atoms with E-state index in [0.717, 1.165) is 19.0 Å². The summed E-state index contributed by atoms with van der Waals surface area (Å²) in [5, 5.41) is 19.4. The van der Waals surface area contributed by atoms with Crippen LogP contribution < -0.4 is 0 Å². The van der Waals surface area contributed by atoms with Crippen molar-refractivity contribution in [2.75, 3.05) is 32.7 Å². The van der Waals surface area contributed by atoms with Crippen LogP contribution in [-0.4, -0.2) is 66.3 Å². The third kappa shape index (κ3) is 5.90. The number of non-ortho nitro benzene ring substituents is 1. The minimum absolute atomic E-state index is 0. The average molecular weight is 408 g/mol. The summed E-state index contributed by atoms with van der Waals surface area (Å²) < 4.78 is 26.6. The van der Waals surface area contributed by atoms with Crippen LogP contribution in [0.5, 0.6) is 0 Å². The molecule has 0 atom stereocenters. The normalized spacial score (nSPS) is 16.0. The lowest BCUT2D eigenvalue weighted by atomic mass is 10.2. The number of unbranched alkanes of at least 4 members (excludes halogenated alkanes) is 1. The molecular formula is C15H22ClN3O6S. The lowest BCUT2D eigenvalue weighted by Crippen LogP contribution is -2.48. The van der Waals surface area contributed by atoms with E-state index >= 15 is 0 Å². The van der Waals surface area contributed by atoms with Crippen LogP contribution in [0.2, 0.25) is 0 Å². The van der Waals surface area contributed by atoms with Gasteiger partial charge in [-0.3, -0.25) is 14.9 Å². The van der Waals surface area contributed by atoms with E-state index in [-0.39, 0.29) is 29.4 Å². The van der Waals surface area contributed by atoms with Crippen LogP contribution in [0.4, 0.5) is 5.69 Å². The number of sulfonamides is 1. The van der Waals surface area contributed by atoms with E-state index in [2.05, 4.69) is 4.90 Å².